The minimum absolute atomic E-state index is 0.143. The Hall–Kier alpha value is -1.91. The molecule has 0 radical (unpaired) electrons. The molecule has 0 bridgehead atoms. The van der Waals surface area contributed by atoms with Gasteiger partial charge in [-0.3, -0.25) is 10.1 Å². The molecule has 0 fully saturated rings. The second-order valence-corrected chi connectivity index (χ2v) is 4.82. The van der Waals surface area contributed by atoms with Crippen molar-refractivity contribution in [3.05, 3.63) is 56.7 Å². The number of fused-ring (bicyclic) bond motifs is 3. The van der Waals surface area contributed by atoms with Crippen molar-refractivity contribution in [2.45, 2.75) is 0 Å². The molecule has 0 amide bonds. The first-order valence-electron chi connectivity index (χ1n) is 5.40. The van der Waals surface area contributed by atoms with Gasteiger partial charge < -0.3 is 0 Å². The van der Waals surface area contributed by atoms with Crippen LogP contribution in [0.4, 0.5) is 5.69 Å². The first kappa shape index (κ1) is 12.1. The molecule has 0 spiro atoms. The van der Waals surface area contributed by atoms with E-state index in [1.807, 2.05) is 24.3 Å². The lowest BCUT2D eigenvalue weighted by Gasteiger charge is -2.06. The third-order valence-corrected chi connectivity index (χ3v) is 3.41. The van der Waals surface area contributed by atoms with Crippen LogP contribution in [-0.2, 0) is 0 Å². The van der Waals surface area contributed by atoms with Gasteiger partial charge in [0.25, 0.3) is 5.69 Å². The summed E-state index contributed by atoms with van der Waals surface area (Å²) in [5, 5.41) is 13.8. The molecule has 0 atom stereocenters. The van der Waals surface area contributed by atoms with Gasteiger partial charge >= 0.3 is 0 Å². The summed E-state index contributed by atoms with van der Waals surface area (Å²) in [6, 6.07) is 10.3. The zero-order valence-electron chi connectivity index (χ0n) is 9.43. The Labute approximate surface area is 117 Å². The highest BCUT2D eigenvalue weighted by Crippen LogP contribution is 2.35. The molecule has 2 aromatic carbocycles. The zero-order valence-corrected chi connectivity index (χ0v) is 10.9. The minimum Gasteiger partial charge on any atom is -0.258 e. The Morgan fingerprint density at radius 2 is 1.74 bits per heavy atom. The molecule has 0 N–H and O–H groups in total. The molecular formula is C13H6Cl2N2O2. The number of hydrogen-bond donors (Lipinski definition) is 0. The average molecular weight is 293 g/mol. The second kappa shape index (κ2) is 4.33. The molecule has 94 valence electrons. The number of benzene rings is 2. The number of nitro benzene ring substituents is 1. The van der Waals surface area contributed by atoms with Gasteiger partial charge in [-0.25, -0.2) is 4.98 Å². The number of pyridine rings is 1. The van der Waals surface area contributed by atoms with Crippen molar-refractivity contribution in [3.63, 3.8) is 0 Å². The first-order chi connectivity index (χ1) is 9.08. The van der Waals surface area contributed by atoms with Crippen molar-refractivity contribution >= 4 is 50.6 Å². The molecule has 0 aliphatic heterocycles. The van der Waals surface area contributed by atoms with Gasteiger partial charge in [0.15, 0.2) is 5.52 Å². The van der Waals surface area contributed by atoms with E-state index in [4.69, 9.17) is 23.2 Å². The number of rotatable bonds is 1. The monoisotopic (exact) mass is 292 g/mol. The number of nitro groups is 1. The summed E-state index contributed by atoms with van der Waals surface area (Å²) in [6.45, 7) is 0. The Balaban J connectivity index is 2.60. The molecule has 4 nitrogen and oxygen atoms in total. The number of nitrogens with zero attached hydrogens (tertiary/aromatic N) is 2. The van der Waals surface area contributed by atoms with Crippen molar-refractivity contribution in [2.75, 3.05) is 0 Å². The molecule has 0 unspecified atom stereocenters. The molecule has 3 aromatic rings. The summed E-state index contributed by atoms with van der Waals surface area (Å²) in [4.78, 5) is 14.7. The topological polar surface area (TPSA) is 56.0 Å². The predicted octanol–water partition coefficient (Wildman–Crippen LogP) is 4.60. The van der Waals surface area contributed by atoms with Gasteiger partial charge in [0, 0.05) is 21.9 Å². The molecule has 1 heterocycles. The SMILES string of the molecule is O=[N+]([O-])c1cc(Cl)cc2c1nc(Cl)c1ccccc12. The fourth-order valence-corrected chi connectivity index (χ4v) is 2.56. The van der Waals surface area contributed by atoms with E-state index in [0.29, 0.717) is 10.4 Å². The molecule has 1 aromatic heterocycles. The van der Waals surface area contributed by atoms with Crippen LogP contribution in [0.15, 0.2) is 36.4 Å². The minimum atomic E-state index is -0.508. The smallest absolute Gasteiger partial charge is 0.258 e. The Kier molecular flexibility index (Phi) is 2.77. The highest BCUT2D eigenvalue weighted by molar-refractivity contribution is 6.36. The maximum Gasteiger partial charge on any atom is 0.297 e. The lowest BCUT2D eigenvalue weighted by Crippen LogP contribution is -1.93. The van der Waals surface area contributed by atoms with Crippen LogP contribution in [0.2, 0.25) is 10.2 Å². The van der Waals surface area contributed by atoms with E-state index >= 15 is 0 Å². The Morgan fingerprint density at radius 1 is 1.05 bits per heavy atom. The van der Waals surface area contributed by atoms with E-state index < -0.39 is 4.92 Å². The van der Waals surface area contributed by atoms with Crippen molar-refractivity contribution < 1.29 is 4.92 Å². The van der Waals surface area contributed by atoms with E-state index in [1.54, 1.807) is 6.07 Å². The maximum absolute atomic E-state index is 11.1. The van der Waals surface area contributed by atoms with Crippen molar-refractivity contribution in [1.29, 1.82) is 0 Å². The van der Waals surface area contributed by atoms with Gasteiger partial charge in [-0.05, 0) is 11.5 Å². The zero-order chi connectivity index (χ0) is 13.6. The molecule has 3 rings (SSSR count). The summed E-state index contributed by atoms with van der Waals surface area (Å²) < 4.78 is 0. The highest BCUT2D eigenvalue weighted by atomic mass is 35.5. The number of halogens is 2. The van der Waals surface area contributed by atoms with Crippen LogP contribution in [-0.4, -0.2) is 9.91 Å². The molecule has 6 heteroatoms. The summed E-state index contributed by atoms with van der Waals surface area (Å²) in [7, 11) is 0. The van der Waals surface area contributed by atoms with Crippen LogP contribution >= 0.6 is 23.2 Å². The lowest BCUT2D eigenvalue weighted by molar-refractivity contribution is -0.383. The standard InChI is InChI=1S/C13H6Cl2N2O2/c14-7-5-10-8-3-1-2-4-9(8)13(15)16-12(10)11(6-7)17(18)19/h1-6H. The van der Waals surface area contributed by atoms with Crippen LogP contribution < -0.4 is 0 Å². The highest BCUT2D eigenvalue weighted by Gasteiger charge is 2.18. The van der Waals surface area contributed by atoms with Crippen LogP contribution in [0.25, 0.3) is 21.7 Å². The number of non-ortho nitro benzene ring substituents is 1. The van der Waals surface area contributed by atoms with Crippen LogP contribution in [0.1, 0.15) is 0 Å². The Morgan fingerprint density at radius 3 is 2.42 bits per heavy atom. The van der Waals surface area contributed by atoms with Gasteiger partial charge in [-0.2, -0.15) is 0 Å². The van der Waals surface area contributed by atoms with E-state index in [1.165, 1.54) is 6.07 Å². The largest absolute Gasteiger partial charge is 0.297 e. The van der Waals surface area contributed by atoms with Gasteiger partial charge in [0.2, 0.25) is 0 Å². The molecule has 0 aliphatic rings. The van der Waals surface area contributed by atoms with Gasteiger partial charge in [0.05, 0.1) is 4.92 Å². The second-order valence-electron chi connectivity index (χ2n) is 4.03. The quantitative estimate of drug-likeness (QED) is 0.285. The third-order valence-electron chi connectivity index (χ3n) is 2.90. The van der Waals surface area contributed by atoms with Gasteiger partial charge in [-0.1, -0.05) is 47.5 Å². The third kappa shape index (κ3) is 1.89. The van der Waals surface area contributed by atoms with Crippen molar-refractivity contribution in [2.24, 2.45) is 0 Å². The van der Waals surface area contributed by atoms with Crippen LogP contribution in [0.3, 0.4) is 0 Å². The predicted molar refractivity (Wildman–Crippen MR) is 75.9 cm³/mol. The normalized spacial score (nSPS) is 11.1. The van der Waals surface area contributed by atoms with E-state index in [2.05, 4.69) is 4.98 Å². The van der Waals surface area contributed by atoms with Crippen molar-refractivity contribution in [1.82, 2.24) is 4.98 Å². The van der Waals surface area contributed by atoms with E-state index in [-0.39, 0.29) is 16.4 Å². The lowest BCUT2D eigenvalue weighted by atomic mass is 10.1. The first-order valence-corrected chi connectivity index (χ1v) is 6.15. The average Bonchev–Trinajstić information content (AvgIpc) is 2.39. The number of aromatic nitrogens is 1. The summed E-state index contributed by atoms with van der Waals surface area (Å²) in [6.07, 6.45) is 0. The Bertz CT molecular complexity index is 834. The summed E-state index contributed by atoms with van der Waals surface area (Å²) in [5.74, 6) is 0. The summed E-state index contributed by atoms with van der Waals surface area (Å²) in [5.41, 5.74) is 0.105. The molecule has 0 saturated heterocycles. The number of hydrogen-bond acceptors (Lipinski definition) is 3. The van der Waals surface area contributed by atoms with Crippen LogP contribution in [0.5, 0.6) is 0 Å². The van der Waals surface area contributed by atoms with E-state index in [0.717, 1.165) is 10.8 Å². The van der Waals surface area contributed by atoms with Crippen LogP contribution in [0, 0.1) is 10.1 Å². The van der Waals surface area contributed by atoms with E-state index in [9.17, 15) is 10.1 Å². The maximum atomic E-state index is 11.1. The molecular weight excluding hydrogens is 287 g/mol. The van der Waals surface area contributed by atoms with Gasteiger partial charge in [-0.15, -0.1) is 0 Å². The fraction of sp³-hybridized carbons (Fsp3) is 0. The fourth-order valence-electron chi connectivity index (χ4n) is 2.10. The van der Waals surface area contributed by atoms with Crippen molar-refractivity contribution in [3.8, 4) is 0 Å². The van der Waals surface area contributed by atoms with Gasteiger partial charge in [0.1, 0.15) is 5.15 Å². The summed E-state index contributed by atoms with van der Waals surface area (Å²) >= 11 is 12.0. The molecule has 0 aliphatic carbocycles. The molecule has 0 saturated carbocycles. The molecule has 19 heavy (non-hydrogen) atoms.